The van der Waals surface area contributed by atoms with Gasteiger partial charge in [-0.15, -0.1) is 0 Å². The molecule has 1 aromatic rings. The molecule has 1 aromatic carbocycles. The third kappa shape index (κ3) is 4.12. The number of amides is 1. The summed E-state index contributed by atoms with van der Waals surface area (Å²) in [6.45, 7) is 0.660. The van der Waals surface area contributed by atoms with E-state index in [2.05, 4.69) is 5.32 Å². The number of phenols is 2. The number of hydrogen-bond donors (Lipinski definition) is 3. The number of carbonyl (C=O) groups is 1. The number of piperidine rings is 1. The van der Waals surface area contributed by atoms with E-state index in [0.29, 0.717) is 25.9 Å². The minimum Gasteiger partial charge on any atom is -0.508 e. The maximum atomic E-state index is 12.1. The zero-order valence-electron chi connectivity index (χ0n) is 13.1. The summed E-state index contributed by atoms with van der Waals surface area (Å²) in [5.41, 5.74) is 0.158. The van der Waals surface area contributed by atoms with Crippen LogP contribution in [0.3, 0.4) is 0 Å². The molecule has 0 aliphatic carbocycles. The van der Waals surface area contributed by atoms with E-state index in [0.717, 1.165) is 6.07 Å². The first-order valence-corrected chi connectivity index (χ1v) is 8.61. The number of carbonyl (C=O) groups excluding carboxylic acids is 1. The standard InChI is InChI=1S/C14H21N3O5S/c1-16(2)23(21,22)17-5-3-11(4-6-17)15-14(20)10-7-12(18)9-13(19)8-10/h7-9,11,18-19H,3-6H2,1-2H3,(H,15,20). The average Bonchev–Trinajstić information content (AvgIpc) is 2.46. The number of aromatic hydroxyl groups is 2. The fourth-order valence-electron chi connectivity index (χ4n) is 2.46. The van der Waals surface area contributed by atoms with Crippen LogP contribution in [0.5, 0.6) is 11.5 Å². The van der Waals surface area contributed by atoms with E-state index < -0.39 is 16.1 Å². The van der Waals surface area contributed by atoms with E-state index >= 15 is 0 Å². The number of rotatable bonds is 4. The Bertz CT molecular complexity index is 661. The first-order chi connectivity index (χ1) is 10.7. The van der Waals surface area contributed by atoms with Gasteiger partial charge in [-0.3, -0.25) is 4.79 Å². The van der Waals surface area contributed by atoms with Crippen molar-refractivity contribution >= 4 is 16.1 Å². The lowest BCUT2D eigenvalue weighted by Gasteiger charge is -2.33. The summed E-state index contributed by atoms with van der Waals surface area (Å²) in [4.78, 5) is 12.1. The van der Waals surface area contributed by atoms with Gasteiger partial charge in [-0.2, -0.15) is 17.0 Å². The van der Waals surface area contributed by atoms with E-state index in [-0.39, 0.29) is 23.1 Å². The van der Waals surface area contributed by atoms with Gasteiger partial charge in [0.1, 0.15) is 11.5 Å². The molecule has 0 bridgehead atoms. The van der Waals surface area contributed by atoms with Gasteiger partial charge in [-0.1, -0.05) is 0 Å². The largest absolute Gasteiger partial charge is 0.508 e. The minimum absolute atomic E-state index is 0.152. The highest BCUT2D eigenvalue weighted by Crippen LogP contribution is 2.21. The zero-order valence-corrected chi connectivity index (χ0v) is 13.9. The van der Waals surface area contributed by atoms with Crippen LogP contribution in [-0.4, -0.2) is 66.4 Å². The predicted molar refractivity (Wildman–Crippen MR) is 84.4 cm³/mol. The molecule has 2 rings (SSSR count). The Kier molecular flexibility index (Phi) is 5.12. The summed E-state index contributed by atoms with van der Waals surface area (Å²) in [7, 11) is -0.460. The first-order valence-electron chi connectivity index (χ1n) is 7.21. The van der Waals surface area contributed by atoms with Gasteiger partial charge >= 0.3 is 0 Å². The molecule has 0 saturated carbocycles. The average molecular weight is 343 g/mol. The van der Waals surface area contributed by atoms with Crippen molar-refractivity contribution in [2.24, 2.45) is 0 Å². The zero-order chi connectivity index (χ0) is 17.2. The van der Waals surface area contributed by atoms with Gasteiger partial charge in [-0.05, 0) is 25.0 Å². The van der Waals surface area contributed by atoms with Gasteiger partial charge in [0.15, 0.2) is 0 Å². The molecular formula is C14H21N3O5S. The smallest absolute Gasteiger partial charge is 0.281 e. The summed E-state index contributed by atoms with van der Waals surface area (Å²) < 4.78 is 26.6. The Hall–Kier alpha value is -1.84. The summed E-state index contributed by atoms with van der Waals surface area (Å²) in [6, 6.07) is 3.52. The molecule has 1 aliphatic rings. The normalized spacial score (nSPS) is 17.3. The van der Waals surface area contributed by atoms with Gasteiger partial charge in [-0.25, -0.2) is 0 Å². The van der Waals surface area contributed by atoms with E-state index in [1.165, 1.54) is 34.8 Å². The van der Waals surface area contributed by atoms with Crippen molar-refractivity contribution in [2.45, 2.75) is 18.9 Å². The third-order valence-electron chi connectivity index (χ3n) is 3.74. The SMILES string of the molecule is CN(C)S(=O)(=O)N1CCC(NC(=O)c2cc(O)cc(O)c2)CC1. The van der Waals surface area contributed by atoms with Crippen molar-refractivity contribution in [1.29, 1.82) is 0 Å². The molecule has 0 aromatic heterocycles. The predicted octanol–water partition coefficient (Wildman–Crippen LogP) is 0.0984. The van der Waals surface area contributed by atoms with Crippen molar-refractivity contribution in [3.8, 4) is 11.5 Å². The van der Waals surface area contributed by atoms with Gasteiger partial charge in [0, 0.05) is 44.9 Å². The van der Waals surface area contributed by atoms with E-state index in [1.807, 2.05) is 0 Å². The lowest BCUT2D eigenvalue weighted by Crippen LogP contribution is -2.49. The molecule has 23 heavy (non-hydrogen) atoms. The molecule has 0 radical (unpaired) electrons. The van der Waals surface area contributed by atoms with Crippen LogP contribution in [0, 0.1) is 0 Å². The van der Waals surface area contributed by atoms with Crippen LogP contribution in [-0.2, 0) is 10.2 Å². The maximum absolute atomic E-state index is 12.1. The first kappa shape index (κ1) is 17.5. The molecule has 8 nitrogen and oxygen atoms in total. The van der Waals surface area contributed by atoms with Crippen molar-refractivity contribution in [2.75, 3.05) is 27.2 Å². The van der Waals surface area contributed by atoms with E-state index in [9.17, 15) is 23.4 Å². The van der Waals surface area contributed by atoms with Crippen molar-refractivity contribution in [3.63, 3.8) is 0 Å². The monoisotopic (exact) mass is 343 g/mol. The van der Waals surface area contributed by atoms with Gasteiger partial charge in [0.25, 0.3) is 16.1 Å². The number of phenolic OH excluding ortho intramolecular Hbond substituents is 2. The molecule has 1 saturated heterocycles. The Morgan fingerprint density at radius 1 is 1.17 bits per heavy atom. The highest BCUT2D eigenvalue weighted by atomic mass is 32.2. The fraction of sp³-hybridized carbons (Fsp3) is 0.500. The molecule has 3 N–H and O–H groups in total. The highest BCUT2D eigenvalue weighted by molar-refractivity contribution is 7.86. The second-order valence-electron chi connectivity index (χ2n) is 5.68. The van der Waals surface area contributed by atoms with E-state index in [1.54, 1.807) is 0 Å². The van der Waals surface area contributed by atoms with Crippen molar-refractivity contribution in [3.05, 3.63) is 23.8 Å². The fourth-order valence-corrected chi connectivity index (χ4v) is 3.59. The Morgan fingerprint density at radius 2 is 1.70 bits per heavy atom. The summed E-state index contributed by atoms with van der Waals surface area (Å²) in [5.74, 6) is -0.797. The number of hydrogen-bond acceptors (Lipinski definition) is 5. The number of nitrogens with zero attached hydrogens (tertiary/aromatic N) is 2. The van der Waals surface area contributed by atoms with Crippen LogP contribution in [0.25, 0.3) is 0 Å². The third-order valence-corrected chi connectivity index (χ3v) is 5.68. The Morgan fingerprint density at radius 3 is 2.17 bits per heavy atom. The molecule has 0 unspecified atom stereocenters. The molecule has 128 valence electrons. The molecule has 0 spiro atoms. The van der Waals surface area contributed by atoms with Crippen molar-refractivity contribution < 1.29 is 23.4 Å². The highest BCUT2D eigenvalue weighted by Gasteiger charge is 2.30. The molecule has 9 heteroatoms. The maximum Gasteiger partial charge on any atom is 0.281 e. The summed E-state index contributed by atoms with van der Waals surface area (Å²) >= 11 is 0. The second kappa shape index (κ2) is 6.73. The van der Waals surface area contributed by atoms with E-state index in [4.69, 9.17) is 0 Å². The van der Waals surface area contributed by atoms with Gasteiger partial charge in [0.2, 0.25) is 0 Å². The lowest BCUT2D eigenvalue weighted by atomic mass is 10.1. The number of benzene rings is 1. The van der Waals surface area contributed by atoms with Crippen LogP contribution in [0.2, 0.25) is 0 Å². The second-order valence-corrected chi connectivity index (χ2v) is 7.82. The molecule has 1 amide bonds. The topological polar surface area (TPSA) is 110 Å². The van der Waals surface area contributed by atoms with Crippen molar-refractivity contribution in [1.82, 2.24) is 13.9 Å². The van der Waals surface area contributed by atoms with Gasteiger partial charge < -0.3 is 15.5 Å². The molecule has 1 fully saturated rings. The van der Waals surface area contributed by atoms with Crippen LogP contribution >= 0.6 is 0 Å². The molecular weight excluding hydrogens is 322 g/mol. The summed E-state index contributed by atoms with van der Waals surface area (Å²) in [6.07, 6.45) is 1.01. The van der Waals surface area contributed by atoms with Crippen LogP contribution < -0.4 is 5.32 Å². The molecule has 1 heterocycles. The molecule has 1 aliphatic heterocycles. The minimum atomic E-state index is -3.43. The lowest BCUT2D eigenvalue weighted by molar-refractivity contribution is 0.0922. The van der Waals surface area contributed by atoms with Crippen LogP contribution in [0.15, 0.2) is 18.2 Å². The number of nitrogens with one attached hydrogen (secondary N) is 1. The Labute approximate surface area is 135 Å². The van der Waals surface area contributed by atoms with Gasteiger partial charge in [0.05, 0.1) is 0 Å². The summed E-state index contributed by atoms with van der Waals surface area (Å²) in [5, 5.41) is 21.6. The quantitative estimate of drug-likeness (QED) is 0.718. The molecule has 0 atom stereocenters. The van der Waals surface area contributed by atoms with Crippen LogP contribution in [0.1, 0.15) is 23.2 Å². The Balaban J connectivity index is 1.95. The van der Waals surface area contributed by atoms with Crippen LogP contribution in [0.4, 0.5) is 0 Å².